The second kappa shape index (κ2) is 6.53. The molecular formula is C18H14F2N2O3S. The molecule has 134 valence electrons. The van der Waals surface area contributed by atoms with Gasteiger partial charge in [-0.2, -0.15) is 0 Å². The fourth-order valence-electron chi connectivity index (χ4n) is 2.78. The number of para-hydroxylation sites is 1. The molecular weight excluding hydrogens is 362 g/mol. The van der Waals surface area contributed by atoms with Crippen LogP contribution in [0.4, 0.5) is 13.9 Å². The second-order valence-corrected chi connectivity index (χ2v) is 6.84. The second-order valence-electron chi connectivity index (χ2n) is 5.83. The van der Waals surface area contributed by atoms with E-state index in [2.05, 4.69) is 4.98 Å². The molecule has 2 heterocycles. The van der Waals surface area contributed by atoms with Crippen molar-refractivity contribution in [2.75, 3.05) is 25.1 Å². The Morgan fingerprint density at radius 2 is 1.88 bits per heavy atom. The van der Waals surface area contributed by atoms with Crippen molar-refractivity contribution in [1.29, 1.82) is 0 Å². The van der Waals surface area contributed by atoms with E-state index in [1.165, 1.54) is 17.4 Å². The molecule has 0 saturated carbocycles. The normalized spacial score (nSPS) is 14.3. The van der Waals surface area contributed by atoms with Crippen molar-refractivity contribution >= 4 is 32.7 Å². The molecule has 0 amide bonds. The first kappa shape index (κ1) is 16.7. The Labute approximate surface area is 151 Å². The van der Waals surface area contributed by atoms with Crippen LogP contribution in [0.15, 0.2) is 36.4 Å². The molecule has 5 nitrogen and oxygen atoms in total. The minimum absolute atomic E-state index is 0.421. The average Bonchev–Trinajstić information content (AvgIpc) is 3.01. The Kier molecular flexibility index (Phi) is 4.20. The van der Waals surface area contributed by atoms with Crippen LogP contribution in [0.1, 0.15) is 10.4 Å². The highest BCUT2D eigenvalue weighted by Crippen LogP contribution is 2.36. The summed E-state index contributed by atoms with van der Waals surface area (Å²) in [6, 6.07) is 8.95. The summed E-state index contributed by atoms with van der Waals surface area (Å²) in [5, 5.41) is 0.786. The topological polar surface area (TPSA) is 51.7 Å². The van der Waals surface area contributed by atoms with Gasteiger partial charge in [0.2, 0.25) is 0 Å². The maximum atomic E-state index is 13.6. The van der Waals surface area contributed by atoms with E-state index < -0.39 is 29.3 Å². The van der Waals surface area contributed by atoms with Gasteiger partial charge in [-0.25, -0.2) is 18.6 Å². The van der Waals surface area contributed by atoms with E-state index in [0.29, 0.717) is 18.8 Å². The number of aromatic nitrogens is 1. The molecule has 0 unspecified atom stereocenters. The molecule has 8 heteroatoms. The average molecular weight is 376 g/mol. The largest absolute Gasteiger partial charge is 0.494 e. The number of thiazole rings is 1. The molecule has 2 aromatic carbocycles. The fraction of sp³-hybridized carbons (Fsp3) is 0.222. The zero-order valence-corrected chi connectivity index (χ0v) is 14.6. The van der Waals surface area contributed by atoms with Gasteiger partial charge in [-0.1, -0.05) is 23.5 Å². The summed E-state index contributed by atoms with van der Waals surface area (Å²) in [6.07, 6.45) is -0.435. The number of hydrogen-bond donors (Lipinski definition) is 0. The van der Waals surface area contributed by atoms with Crippen LogP contribution in [0.5, 0.6) is 5.75 Å². The quantitative estimate of drug-likeness (QED) is 0.651. The summed E-state index contributed by atoms with van der Waals surface area (Å²) < 4.78 is 38.8. The van der Waals surface area contributed by atoms with Gasteiger partial charge in [-0.15, -0.1) is 0 Å². The van der Waals surface area contributed by atoms with Crippen LogP contribution in [-0.4, -0.2) is 37.3 Å². The highest BCUT2D eigenvalue weighted by molar-refractivity contribution is 7.22. The maximum Gasteiger partial charge on any atom is 0.344 e. The summed E-state index contributed by atoms with van der Waals surface area (Å²) >= 11 is 1.51. The molecule has 0 spiro atoms. The summed E-state index contributed by atoms with van der Waals surface area (Å²) in [4.78, 5) is 18.5. The molecule has 0 bridgehead atoms. The molecule has 4 rings (SSSR count). The zero-order valence-electron chi connectivity index (χ0n) is 13.7. The smallest absolute Gasteiger partial charge is 0.344 e. The zero-order chi connectivity index (χ0) is 18.3. The number of esters is 1. The van der Waals surface area contributed by atoms with E-state index in [1.807, 2.05) is 23.1 Å². The first-order valence-electron chi connectivity index (χ1n) is 7.90. The van der Waals surface area contributed by atoms with Crippen LogP contribution < -0.4 is 9.64 Å². The van der Waals surface area contributed by atoms with Crippen LogP contribution in [-0.2, 0) is 4.74 Å². The van der Waals surface area contributed by atoms with Crippen molar-refractivity contribution in [3.8, 4) is 5.75 Å². The number of benzene rings is 2. The van der Waals surface area contributed by atoms with Gasteiger partial charge in [-0.3, -0.25) is 0 Å². The van der Waals surface area contributed by atoms with Crippen LogP contribution in [0.3, 0.4) is 0 Å². The van der Waals surface area contributed by atoms with Crippen molar-refractivity contribution in [3.05, 3.63) is 53.6 Å². The van der Waals surface area contributed by atoms with E-state index in [0.717, 1.165) is 27.5 Å². The molecule has 0 aliphatic carbocycles. The number of carbonyl (C=O) groups is 1. The summed E-state index contributed by atoms with van der Waals surface area (Å²) in [6.45, 7) is 0.841. The fourth-order valence-corrected chi connectivity index (χ4v) is 3.78. The number of anilines is 1. The Morgan fingerprint density at radius 1 is 1.19 bits per heavy atom. The van der Waals surface area contributed by atoms with Crippen molar-refractivity contribution in [3.63, 3.8) is 0 Å². The molecule has 0 N–H and O–H groups in total. The summed E-state index contributed by atoms with van der Waals surface area (Å²) in [5.41, 5.74) is 0.125. The minimum Gasteiger partial charge on any atom is -0.494 e. The molecule has 1 aliphatic heterocycles. The Morgan fingerprint density at radius 3 is 2.58 bits per heavy atom. The van der Waals surface area contributed by atoms with E-state index in [9.17, 15) is 13.6 Å². The number of carbonyl (C=O) groups excluding carboxylic acids is 1. The third kappa shape index (κ3) is 2.86. The molecule has 3 aromatic rings. The van der Waals surface area contributed by atoms with Gasteiger partial charge in [0.1, 0.15) is 34.6 Å². The van der Waals surface area contributed by atoms with E-state index in [1.54, 1.807) is 7.11 Å². The summed E-state index contributed by atoms with van der Waals surface area (Å²) in [5.74, 6) is -2.14. The molecule has 0 radical (unpaired) electrons. The number of halogens is 2. The lowest BCUT2D eigenvalue weighted by atomic mass is 10.1. The van der Waals surface area contributed by atoms with Crippen molar-refractivity contribution < 1.29 is 23.0 Å². The van der Waals surface area contributed by atoms with Crippen LogP contribution in [0, 0.1) is 11.6 Å². The first-order chi connectivity index (χ1) is 12.6. The van der Waals surface area contributed by atoms with E-state index >= 15 is 0 Å². The van der Waals surface area contributed by atoms with E-state index in [-0.39, 0.29) is 0 Å². The van der Waals surface area contributed by atoms with Gasteiger partial charge in [0, 0.05) is 0 Å². The lowest BCUT2D eigenvalue weighted by Crippen LogP contribution is -2.53. The van der Waals surface area contributed by atoms with E-state index in [4.69, 9.17) is 9.47 Å². The predicted molar refractivity (Wildman–Crippen MR) is 93.9 cm³/mol. The third-order valence-corrected chi connectivity index (χ3v) is 5.23. The number of fused-ring (bicyclic) bond motifs is 1. The molecule has 1 fully saturated rings. The minimum atomic E-state index is -0.990. The Hall–Kier alpha value is -2.74. The van der Waals surface area contributed by atoms with Crippen molar-refractivity contribution in [2.45, 2.75) is 6.10 Å². The van der Waals surface area contributed by atoms with Crippen molar-refractivity contribution in [1.82, 2.24) is 4.98 Å². The number of ether oxygens (including phenoxy) is 2. The van der Waals surface area contributed by atoms with Crippen LogP contribution >= 0.6 is 11.3 Å². The first-order valence-corrected chi connectivity index (χ1v) is 8.72. The third-order valence-electron chi connectivity index (χ3n) is 4.15. The van der Waals surface area contributed by atoms with Gasteiger partial charge in [-0.05, 0) is 24.3 Å². The van der Waals surface area contributed by atoms with Gasteiger partial charge in [0.05, 0.1) is 24.9 Å². The lowest BCUT2D eigenvalue weighted by molar-refractivity contribution is 0.0224. The predicted octanol–water partition coefficient (Wildman–Crippen LogP) is 3.63. The maximum absolute atomic E-state index is 13.6. The standard InChI is InChI=1S/C18H14F2N2O3S/c1-24-13-6-3-7-14-16(13)21-18(26-14)22-8-10(9-22)25-17(23)15-11(19)4-2-5-12(15)20/h2-7,10H,8-9H2,1H3. The van der Waals surface area contributed by atoms with Crippen LogP contribution in [0.2, 0.25) is 0 Å². The monoisotopic (exact) mass is 376 g/mol. The number of hydrogen-bond acceptors (Lipinski definition) is 6. The van der Waals surface area contributed by atoms with Gasteiger partial charge < -0.3 is 14.4 Å². The lowest BCUT2D eigenvalue weighted by Gasteiger charge is -2.38. The molecule has 1 saturated heterocycles. The molecule has 26 heavy (non-hydrogen) atoms. The van der Waals surface area contributed by atoms with Crippen LogP contribution in [0.25, 0.3) is 10.2 Å². The Bertz CT molecular complexity index is 965. The van der Waals surface area contributed by atoms with Crippen molar-refractivity contribution in [2.24, 2.45) is 0 Å². The highest BCUT2D eigenvalue weighted by atomic mass is 32.1. The number of methoxy groups -OCH3 is 1. The molecule has 1 aliphatic rings. The molecule has 0 atom stereocenters. The Balaban J connectivity index is 1.44. The van der Waals surface area contributed by atoms with Gasteiger partial charge in [0.25, 0.3) is 0 Å². The number of nitrogens with zero attached hydrogens (tertiary/aromatic N) is 2. The summed E-state index contributed by atoms with van der Waals surface area (Å²) in [7, 11) is 1.59. The highest BCUT2D eigenvalue weighted by Gasteiger charge is 2.33. The SMILES string of the molecule is COc1cccc2sc(N3CC(OC(=O)c4c(F)cccc4F)C3)nc12. The van der Waals surface area contributed by atoms with Gasteiger partial charge >= 0.3 is 5.97 Å². The number of rotatable bonds is 4. The molecule has 1 aromatic heterocycles. The van der Waals surface area contributed by atoms with Gasteiger partial charge in [0.15, 0.2) is 5.13 Å².